The zero-order chi connectivity index (χ0) is 10.8. The minimum atomic E-state index is -1.26. The fourth-order valence-electron chi connectivity index (χ4n) is 0.656. The Morgan fingerprint density at radius 1 is 1.50 bits per heavy atom. The summed E-state index contributed by atoms with van der Waals surface area (Å²) < 4.78 is 20.0. The van der Waals surface area contributed by atoms with Crippen LogP contribution in [0.3, 0.4) is 0 Å². The Morgan fingerprint density at radius 2 is 2.14 bits per heavy atom. The molecule has 1 heterocycles. The number of nitrogens with zero attached hydrogens (tertiary/aromatic N) is 1. The van der Waals surface area contributed by atoms with Crippen LogP contribution in [0.2, 0.25) is 5.22 Å². The maximum absolute atomic E-state index is 11.5. The first-order valence-corrected chi connectivity index (χ1v) is 5.59. The van der Waals surface area contributed by atoms with Gasteiger partial charge in [-0.05, 0) is 44.5 Å². The Morgan fingerprint density at radius 3 is 2.57 bits per heavy atom. The van der Waals surface area contributed by atoms with Crippen molar-refractivity contribution in [1.29, 1.82) is 0 Å². The Bertz CT molecular complexity index is 365. The van der Waals surface area contributed by atoms with Gasteiger partial charge >= 0.3 is 0 Å². The third-order valence-corrected chi connectivity index (χ3v) is 2.94. The molecule has 1 atom stereocenters. The van der Waals surface area contributed by atoms with Crippen LogP contribution in [-0.4, -0.2) is 15.2 Å². The number of rotatable bonds is 2. The van der Waals surface area contributed by atoms with Gasteiger partial charge in [-0.3, -0.25) is 0 Å². The zero-order valence-corrected chi connectivity index (χ0v) is 9.85. The van der Waals surface area contributed by atoms with Gasteiger partial charge in [0.05, 0.1) is 11.0 Å². The molecule has 0 spiro atoms. The van der Waals surface area contributed by atoms with E-state index in [1.54, 1.807) is 12.1 Å². The van der Waals surface area contributed by atoms with Crippen molar-refractivity contribution in [3.05, 3.63) is 23.1 Å². The molecule has 78 valence electrons. The fraction of sp³-hybridized carbons (Fsp3) is 0.444. The van der Waals surface area contributed by atoms with E-state index in [9.17, 15) is 4.21 Å². The number of halogens is 1. The van der Waals surface area contributed by atoms with E-state index in [-0.39, 0.29) is 4.75 Å². The van der Waals surface area contributed by atoms with E-state index in [1.165, 1.54) is 6.21 Å². The quantitative estimate of drug-likeness (QED) is 0.738. The van der Waals surface area contributed by atoms with E-state index in [0.29, 0.717) is 11.0 Å². The second-order valence-electron chi connectivity index (χ2n) is 3.74. The van der Waals surface area contributed by atoms with Crippen LogP contribution < -0.4 is 0 Å². The zero-order valence-electron chi connectivity index (χ0n) is 8.28. The van der Waals surface area contributed by atoms with Gasteiger partial charge in [-0.1, -0.05) is 0 Å². The number of hydrogen-bond donors (Lipinski definition) is 0. The van der Waals surface area contributed by atoms with Gasteiger partial charge in [0, 0.05) is 0 Å². The summed E-state index contributed by atoms with van der Waals surface area (Å²) in [5.74, 6) is 0.507. The van der Waals surface area contributed by atoms with Gasteiger partial charge in [0.15, 0.2) is 5.22 Å². The highest BCUT2D eigenvalue weighted by molar-refractivity contribution is 7.85. The Kier molecular flexibility index (Phi) is 3.50. The third-order valence-electron chi connectivity index (χ3n) is 1.39. The van der Waals surface area contributed by atoms with Gasteiger partial charge in [0.1, 0.15) is 16.7 Å². The van der Waals surface area contributed by atoms with Crippen molar-refractivity contribution in [3.63, 3.8) is 0 Å². The summed E-state index contributed by atoms with van der Waals surface area (Å²) in [6, 6.07) is 3.29. The second kappa shape index (κ2) is 4.28. The van der Waals surface area contributed by atoms with Crippen LogP contribution in [-0.2, 0) is 11.0 Å². The average molecular weight is 234 g/mol. The van der Waals surface area contributed by atoms with Gasteiger partial charge in [-0.2, -0.15) is 4.40 Å². The van der Waals surface area contributed by atoms with Gasteiger partial charge in [-0.15, -0.1) is 0 Å². The van der Waals surface area contributed by atoms with Crippen LogP contribution in [0.4, 0.5) is 0 Å². The standard InChI is InChI=1S/C9H12ClNO2S/c1-9(2,3)14(12)11-6-7-4-5-8(10)13-7/h4-6H,1-3H3/t14-/m0/s1. The van der Waals surface area contributed by atoms with E-state index in [0.717, 1.165) is 0 Å². The lowest BCUT2D eigenvalue weighted by atomic mass is 10.3. The van der Waals surface area contributed by atoms with Crippen molar-refractivity contribution in [2.45, 2.75) is 25.5 Å². The second-order valence-corrected chi connectivity index (χ2v) is 6.04. The van der Waals surface area contributed by atoms with Crippen LogP contribution >= 0.6 is 11.6 Å². The van der Waals surface area contributed by atoms with Crippen molar-refractivity contribution < 1.29 is 8.63 Å². The predicted octanol–water partition coefficient (Wildman–Crippen LogP) is 2.81. The molecular weight excluding hydrogens is 222 g/mol. The molecule has 0 fully saturated rings. The highest BCUT2D eigenvalue weighted by atomic mass is 35.5. The molecule has 0 N–H and O–H groups in total. The number of furan rings is 1. The van der Waals surface area contributed by atoms with Crippen molar-refractivity contribution in [3.8, 4) is 0 Å². The molecule has 0 bridgehead atoms. The smallest absolute Gasteiger partial charge is 0.193 e. The Hall–Kier alpha value is -0.610. The van der Waals surface area contributed by atoms with Gasteiger partial charge in [0.2, 0.25) is 0 Å². The average Bonchev–Trinajstić information content (AvgIpc) is 2.45. The normalized spacial score (nSPS) is 14.9. The summed E-state index contributed by atoms with van der Waals surface area (Å²) in [7, 11) is -1.26. The first kappa shape index (κ1) is 11.5. The Labute approximate surface area is 90.8 Å². The molecule has 0 radical (unpaired) electrons. The molecule has 0 unspecified atom stereocenters. The maximum Gasteiger partial charge on any atom is 0.193 e. The largest absolute Gasteiger partial charge is 0.444 e. The molecule has 1 aromatic heterocycles. The molecule has 0 aromatic carbocycles. The minimum absolute atomic E-state index is 0.299. The van der Waals surface area contributed by atoms with E-state index < -0.39 is 11.0 Å². The molecule has 3 nitrogen and oxygen atoms in total. The fourth-order valence-corrected chi connectivity index (χ4v) is 1.32. The molecule has 0 aliphatic heterocycles. The molecule has 1 rings (SSSR count). The van der Waals surface area contributed by atoms with Gasteiger partial charge in [0.25, 0.3) is 0 Å². The van der Waals surface area contributed by atoms with Crippen molar-refractivity contribution in [2.75, 3.05) is 0 Å². The van der Waals surface area contributed by atoms with Crippen LogP contribution in [0.5, 0.6) is 0 Å². The van der Waals surface area contributed by atoms with Crippen molar-refractivity contribution in [1.82, 2.24) is 0 Å². The first-order chi connectivity index (χ1) is 6.39. The molecule has 5 heteroatoms. The summed E-state index contributed by atoms with van der Waals surface area (Å²) in [5.41, 5.74) is 0. The lowest BCUT2D eigenvalue weighted by molar-refractivity contribution is 0.562. The first-order valence-electron chi connectivity index (χ1n) is 4.11. The molecule has 0 saturated heterocycles. The van der Waals surface area contributed by atoms with Crippen molar-refractivity contribution >= 4 is 28.8 Å². The van der Waals surface area contributed by atoms with Crippen LogP contribution in [0.25, 0.3) is 0 Å². The molecule has 0 aliphatic carbocycles. The van der Waals surface area contributed by atoms with Gasteiger partial charge in [-0.25, -0.2) is 4.21 Å². The van der Waals surface area contributed by atoms with Crippen LogP contribution in [0.1, 0.15) is 26.5 Å². The highest BCUT2D eigenvalue weighted by Gasteiger charge is 2.18. The van der Waals surface area contributed by atoms with E-state index in [4.69, 9.17) is 16.0 Å². The lowest BCUT2D eigenvalue weighted by Crippen LogP contribution is -2.19. The van der Waals surface area contributed by atoms with Crippen LogP contribution in [0, 0.1) is 0 Å². The SMILES string of the molecule is CC(C)(C)[S@](=O)N=Cc1ccc(Cl)o1. The van der Waals surface area contributed by atoms with Gasteiger partial charge < -0.3 is 4.42 Å². The Balaban J connectivity index is 2.70. The highest BCUT2D eigenvalue weighted by Crippen LogP contribution is 2.14. The summed E-state index contributed by atoms with van der Waals surface area (Å²) in [4.78, 5) is 0. The van der Waals surface area contributed by atoms with Crippen LogP contribution in [0.15, 0.2) is 20.9 Å². The molecule has 14 heavy (non-hydrogen) atoms. The van der Waals surface area contributed by atoms with E-state index in [1.807, 2.05) is 20.8 Å². The molecule has 1 aromatic rings. The molecule has 0 amide bonds. The van der Waals surface area contributed by atoms with E-state index >= 15 is 0 Å². The summed E-state index contributed by atoms with van der Waals surface area (Å²) in [6.45, 7) is 5.57. The topological polar surface area (TPSA) is 42.6 Å². The van der Waals surface area contributed by atoms with Crippen molar-refractivity contribution in [2.24, 2.45) is 4.40 Å². The maximum atomic E-state index is 11.5. The lowest BCUT2D eigenvalue weighted by Gasteiger charge is -2.12. The van der Waals surface area contributed by atoms with E-state index in [2.05, 4.69) is 4.40 Å². The minimum Gasteiger partial charge on any atom is -0.444 e. The number of hydrogen-bond acceptors (Lipinski definition) is 2. The monoisotopic (exact) mass is 233 g/mol. The summed E-state index contributed by atoms with van der Waals surface area (Å²) in [5, 5.41) is 0.299. The predicted molar refractivity (Wildman–Crippen MR) is 59.2 cm³/mol. The molecule has 0 saturated carbocycles. The molecule has 0 aliphatic rings. The third kappa shape index (κ3) is 3.27. The molecular formula is C9H12ClNO2S. The summed E-state index contributed by atoms with van der Waals surface area (Å²) in [6.07, 6.45) is 1.42. The summed E-state index contributed by atoms with van der Waals surface area (Å²) >= 11 is 5.56.